The molecule has 6 nitrogen and oxygen atoms in total. The average Bonchev–Trinajstić information content (AvgIpc) is 2.41. The summed E-state index contributed by atoms with van der Waals surface area (Å²) in [6, 6.07) is 10.4. The lowest BCUT2D eigenvalue weighted by molar-refractivity contribution is -0.422. The van der Waals surface area contributed by atoms with E-state index in [0.717, 1.165) is 5.56 Å². The summed E-state index contributed by atoms with van der Waals surface area (Å²) in [4.78, 5) is 20.7. The van der Waals surface area contributed by atoms with Crippen molar-refractivity contribution in [3.8, 4) is 11.1 Å². The summed E-state index contributed by atoms with van der Waals surface area (Å²) in [5.41, 5.74) is 1.52. The first-order chi connectivity index (χ1) is 9.43. The third kappa shape index (κ3) is 2.23. The van der Waals surface area contributed by atoms with Crippen LogP contribution in [0.1, 0.15) is 11.1 Å². The van der Waals surface area contributed by atoms with Crippen LogP contribution in [-0.4, -0.2) is 9.85 Å². The summed E-state index contributed by atoms with van der Waals surface area (Å²) >= 11 is 0. The second-order valence-electron chi connectivity index (χ2n) is 4.42. The van der Waals surface area contributed by atoms with E-state index in [4.69, 9.17) is 0 Å². The predicted molar refractivity (Wildman–Crippen MR) is 74.7 cm³/mol. The molecule has 0 fully saturated rings. The molecule has 2 aromatic carbocycles. The Kier molecular flexibility index (Phi) is 3.47. The van der Waals surface area contributed by atoms with Gasteiger partial charge in [0.1, 0.15) is 0 Å². The van der Waals surface area contributed by atoms with Gasteiger partial charge in [-0.1, -0.05) is 30.3 Å². The van der Waals surface area contributed by atoms with Gasteiger partial charge in [0.2, 0.25) is 0 Å². The summed E-state index contributed by atoms with van der Waals surface area (Å²) in [6.45, 7) is 3.27. The standard InChI is InChI=1S/C14H12N2O4/c1-9-10(2)14(16(19)20)13(15(17)18)8-12(9)11-6-4-3-5-7-11/h3-8H,1-2H3. The zero-order valence-electron chi connectivity index (χ0n) is 11.0. The van der Waals surface area contributed by atoms with Crippen molar-refractivity contribution in [2.24, 2.45) is 0 Å². The van der Waals surface area contributed by atoms with Gasteiger partial charge in [-0.3, -0.25) is 20.2 Å². The molecule has 0 amide bonds. The molecule has 2 rings (SSSR count). The lowest BCUT2D eigenvalue weighted by atomic mass is 9.95. The highest BCUT2D eigenvalue weighted by molar-refractivity contribution is 5.76. The first-order valence-electron chi connectivity index (χ1n) is 5.92. The summed E-state index contributed by atoms with van der Waals surface area (Å²) in [6.07, 6.45) is 0. The van der Waals surface area contributed by atoms with Crippen molar-refractivity contribution >= 4 is 11.4 Å². The van der Waals surface area contributed by atoms with Crippen molar-refractivity contribution in [3.63, 3.8) is 0 Å². The number of hydrogen-bond acceptors (Lipinski definition) is 4. The Morgan fingerprint density at radius 2 is 1.50 bits per heavy atom. The fourth-order valence-corrected chi connectivity index (χ4v) is 2.17. The zero-order valence-corrected chi connectivity index (χ0v) is 11.0. The molecule has 0 radical (unpaired) electrons. The van der Waals surface area contributed by atoms with E-state index in [1.54, 1.807) is 6.92 Å². The van der Waals surface area contributed by atoms with Crippen LogP contribution in [0.2, 0.25) is 0 Å². The number of nitrogens with zero attached hydrogens (tertiary/aromatic N) is 2. The highest BCUT2D eigenvalue weighted by atomic mass is 16.6. The number of rotatable bonds is 3. The van der Waals surface area contributed by atoms with Gasteiger partial charge in [-0.05, 0) is 30.5 Å². The second kappa shape index (κ2) is 5.08. The Bertz CT molecular complexity index is 696. The van der Waals surface area contributed by atoms with Crippen LogP contribution >= 0.6 is 0 Å². The van der Waals surface area contributed by atoms with Crippen LogP contribution in [-0.2, 0) is 0 Å². The van der Waals surface area contributed by atoms with Gasteiger partial charge in [0, 0.05) is 11.6 Å². The molecule has 0 heterocycles. The van der Waals surface area contributed by atoms with E-state index in [2.05, 4.69) is 0 Å². The van der Waals surface area contributed by atoms with E-state index in [1.807, 2.05) is 30.3 Å². The highest BCUT2D eigenvalue weighted by Crippen LogP contribution is 2.38. The van der Waals surface area contributed by atoms with Crippen molar-refractivity contribution in [1.82, 2.24) is 0 Å². The molecule has 0 atom stereocenters. The van der Waals surface area contributed by atoms with Crippen LogP contribution in [0.5, 0.6) is 0 Å². The molecule has 0 N–H and O–H groups in total. The SMILES string of the molecule is Cc1c(-c2ccccc2)cc([N+](=O)[O-])c([N+](=O)[O-])c1C. The molecule has 0 aromatic heterocycles. The molecule has 0 saturated heterocycles. The van der Waals surface area contributed by atoms with Gasteiger partial charge in [0.25, 0.3) is 0 Å². The van der Waals surface area contributed by atoms with E-state index in [-0.39, 0.29) is 0 Å². The lowest BCUT2D eigenvalue weighted by Crippen LogP contribution is -2.02. The van der Waals surface area contributed by atoms with E-state index in [1.165, 1.54) is 13.0 Å². The van der Waals surface area contributed by atoms with Crippen LogP contribution in [0.3, 0.4) is 0 Å². The lowest BCUT2D eigenvalue weighted by Gasteiger charge is -2.09. The maximum Gasteiger partial charge on any atom is 0.349 e. The molecule has 0 spiro atoms. The van der Waals surface area contributed by atoms with E-state index < -0.39 is 21.2 Å². The number of benzene rings is 2. The Labute approximate surface area is 115 Å². The van der Waals surface area contributed by atoms with E-state index in [9.17, 15) is 20.2 Å². The van der Waals surface area contributed by atoms with Crippen LogP contribution in [0.25, 0.3) is 11.1 Å². The van der Waals surface area contributed by atoms with Gasteiger partial charge in [0.15, 0.2) is 0 Å². The zero-order chi connectivity index (χ0) is 14.9. The number of nitro groups is 2. The molecule has 0 saturated carbocycles. The Morgan fingerprint density at radius 1 is 0.900 bits per heavy atom. The van der Waals surface area contributed by atoms with Crippen molar-refractivity contribution < 1.29 is 9.85 Å². The Balaban J connectivity index is 2.80. The molecule has 0 aliphatic rings. The first-order valence-corrected chi connectivity index (χ1v) is 5.92. The molecule has 0 bridgehead atoms. The van der Waals surface area contributed by atoms with Crippen molar-refractivity contribution in [2.75, 3.05) is 0 Å². The molecule has 20 heavy (non-hydrogen) atoms. The maximum atomic E-state index is 11.1. The van der Waals surface area contributed by atoms with Crippen molar-refractivity contribution in [1.29, 1.82) is 0 Å². The topological polar surface area (TPSA) is 86.3 Å². The van der Waals surface area contributed by atoms with Crippen molar-refractivity contribution in [3.05, 3.63) is 67.8 Å². The fraction of sp³-hybridized carbons (Fsp3) is 0.143. The van der Waals surface area contributed by atoms with Crippen LogP contribution in [0, 0.1) is 34.1 Å². The minimum Gasteiger partial charge on any atom is -0.258 e. The number of nitro benzene ring substituents is 2. The number of hydrogen-bond donors (Lipinski definition) is 0. The summed E-state index contributed by atoms with van der Waals surface area (Å²) in [5.74, 6) is 0. The Morgan fingerprint density at radius 3 is 2.00 bits per heavy atom. The van der Waals surface area contributed by atoms with Crippen molar-refractivity contribution in [2.45, 2.75) is 13.8 Å². The largest absolute Gasteiger partial charge is 0.349 e. The summed E-state index contributed by atoms with van der Waals surface area (Å²) < 4.78 is 0. The normalized spacial score (nSPS) is 10.3. The molecule has 6 heteroatoms. The highest BCUT2D eigenvalue weighted by Gasteiger charge is 2.29. The minimum atomic E-state index is -0.711. The maximum absolute atomic E-state index is 11.1. The van der Waals surface area contributed by atoms with E-state index >= 15 is 0 Å². The van der Waals surface area contributed by atoms with Crippen LogP contribution in [0.15, 0.2) is 36.4 Å². The third-order valence-electron chi connectivity index (χ3n) is 3.31. The Hall–Kier alpha value is -2.76. The molecular weight excluding hydrogens is 260 g/mol. The van der Waals surface area contributed by atoms with Gasteiger partial charge < -0.3 is 0 Å². The summed E-state index contributed by atoms with van der Waals surface area (Å²) in [5, 5.41) is 22.1. The average molecular weight is 272 g/mol. The molecule has 2 aromatic rings. The summed E-state index contributed by atoms with van der Waals surface area (Å²) in [7, 11) is 0. The van der Waals surface area contributed by atoms with Gasteiger partial charge in [-0.2, -0.15) is 0 Å². The molecule has 102 valence electrons. The quantitative estimate of drug-likeness (QED) is 0.628. The predicted octanol–water partition coefficient (Wildman–Crippen LogP) is 3.79. The molecule has 0 unspecified atom stereocenters. The molecule has 0 aliphatic carbocycles. The van der Waals surface area contributed by atoms with E-state index in [0.29, 0.717) is 16.7 Å². The minimum absolute atomic E-state index is 0.322. The van der Waals surface area contributed by atoms with Gasteiger partial charge in [-0.25, -0.2) is 0 Å². The van der Waals surface area contributed by atoms with Gasteiger partial charge in [-0.15, -0.1) is 0 Å². The smallest absolute Gasteiger partial charge is 0.258 e. The van der Waals surface area contributed by atoms with Gasteiger partial charge >= 0.3 is 11.4 Å². The third-order valence-corrected chi connectivity index (χ3v) is 3.31. The monoisotopic (exact) mass is 272 g/mol. The molecule has 0 aliphatic heterocycles. The van der Waals surface area contributed by atoms with Crippen LogP contribution in [0.4, 0.5) is 11.4 Å². The molecular formula is C14H12N2O4. The van der Waals surface area contributed by atoms with Crippen LogP contribution < -0.4 is 0 Å². The fourth-order valence-electron chi connectivity index (χ4n) is 2.17. The second-order valence-corrected chi connectivity index (χ2v) is 4.42. The first kappa shape index (κ1) is 13.7. The van der Waals surface area contributed by atoms with Gasteiger partial charge in [0.05, 0.1) is 9.85 Å².